The topological polar surface area (TPSA) is 29.5 Å². The molecule has 0 atom stereocenters. The predicted octanol–water partition coefficient (Wildman–Crippen LogP) is 3.92. The number of hydrogen-bond donors (Lipinski definition) is 0. The van der Waals surface area contributed by atoms with Gasteiger partial charge in [-0.25, -0.2) is 0 Å². The number of piperidine rings is 1. The molecule has 1 aromatic carbocycles. The highest BCUT2D eigenvalue weighted by Crippen LogP contribution is 2.27. The number of hydrogen-bond acceptors (Lipinski definition) is 3. The molecular weight excluding hydrogens is 350 g/mol. The smallest absolute Gasteiger partial charge is 0.263 e. The summed E-state index contributed by atoms with van der Waals surface area (Å²) in [6, 6.07) is 10.2. The summed E-state index contributed by atoms with van der Waals surface area (Å²) < 4.78 is 6.91. The zero-order chi connectivity index (χ0) is 14.7. The molecule has 1 aliphatic rings. The largest absolute Gasteiger partial charge is 0.377 e. The van der Waals surface area contributed by atoms with Crippen molar-refractivity contribution >= 4 is 43.3 Å². The van der Waals surface area contributed by atoms with Crippen LogP contribution in [0, 0.1) is 0 Å². The maximum atomic E-state index is 12.6. The van der Waals surface area contributed by atoms with Crippen molar-refractivity contribution in [1.29, 1.82) is 0 Å². The first-order valence-corrected chi connectivity index (χ1v) is 9.17. The molecule has 3 nitrogen and oxygen atoms in total. The SMILES string of the molecule is O=C(c1cc2ccccc2s1)N1CCC(OCCBr)CC1. The Morgan fingerprint density at radius 3 is 2.81 bits per heavy atom. The number of thiophene rings is 1. The Kier molecular flexibility index (Phi) is 4.93. The average molecular weight is 368 g/mol. The summed E-state index contributed by atoms with van der Waals surface area (Å²) >= 11 is 4.96. The first-order chi connectivity index (χ1) is 10.3. The number of carbonyl (C=O) groups is 1. The van der Waals surface area contributed by atoms with Gasteiger partial charge >= 0.3 is 0 Å². The van der Waals surface area contributed by atoms with Gasteiger partial charge in [-0.05, 0) is 30.4 Å². The lowest BCUT2D eigenvalue weighted by Gasteiger charge is -2.31. The van der Waals surface area contributed by atoms with E-state index in [1.54, 1.807) is 11.3 Å². The number of rotatable bonds is 4. The molecule has 1 fully saturated rings. The summed E-state index contributed by atoms with van der Waals surface area (Å²) in [6.45, 7) is 2.33. The van der Waals surface area contributed by atoms with E-state index in [1.165, 1.54) is 4.70 Å². The van der Waals surface area contributed by atoms with Gasteiger partial charge in [0.05, 0.1) is 17.6 Å². The van der Waals surface area contributed by atoms with E-state index in [4.69, 9.17) is 4.74 Å². The Hall–Kier alpha value is -0.910. The monoisotopic (exact) mass is 367 g/mol. The molecule has 1 amide bonds. The van der Waals surface area contributed by atoms with Crippen molar-refractivity contribution in [3.63, 3.8) is 0 Å². The lowest BCUT2D eigenvalue weighted by molar-refractivity contribution is 0.0161. The second-order valence-corrected chi connectivity index (χ2v) is 7.08. The highest BCUT2D eigenvalue weighted by molar-refractivity contribution is 9.09. The average Bonchev–Trinajstić information content (AvgIpc) is 2.96. The van der Waals surface area contributed by atoms with Crippen LogP contribution in [0.5, 0.6) is 0 Å². The Morgan fingerprint density at radius 2 is 2.10 bits per heavy atom. The summed E-state index contributed by atoms with van der Waals surface area (Å²) in [6.07, 6.45) is 2.17. The minimum absolute atomic E-state index is 0.162. The van der Waals surface area contributed by atoms with Gasteiger partial charge in [-0.1, -0.05) is 34.1 Å². The van der Waals surface area contributed by atoms with Crippen LogP contribution in [0.15, 0.2) is 30.3 Å². The molecule has 1 aliphatic heterocycles. The van der Waals surface area contributed by atoms with Crippen LogP contribution in [0.25, 0.3) is 10.1 Å². The van der Waals surface area contributed by atoms with Crippen LogP contribution in [-0.4, -0.2) is 41.9 Å². The first kappa shape index (κ1) is 15.0. The molecule has 2 heterocycles. The van der Waals surface area contributed by atoms with E-state index in [1.807, 2.05) is 23.1 Å². The van der Waals surface area contributed by atoms with Crippen molar-refractivity contribution in [2.24, 2.45) is 0 Å². The fourth-order valence-electron chi connectivity index (χ4n) is 2.68. The number of halogens is 1. The van der Waals surface area contributed by atoms with E-state index in [0.717, 1.165) is 48.1 Å². The minimum Gasteiger partial charge on any atom is -0.377 e. The fourth-order valence-corrected chi connectivity index (χ4v) is 3.90. The van der Waals surface area contributed by atoms with Gasteiger partial charge in [-0.2, -0.15) is 0 Å². The summed E-state index contributed by atoms with van der Waals surface area (Å²) in [5.41, 5.74) is 0. The van der Waals surface area contributed by atoms with E-state index in [9.17, 15) is 4.79 Å². The van der Waals surface area contributed by atoms with Crippen LogP contribution < -0.4 is 0 Å². The van der Waals surface area contributed by atoms with Crippen LogP contribution in [0.3, 0.4) is 0 Å². The van der Waals surface area contributed by atoms with Crippen LogP contribution >= 0.6 is 27.3 Å². The number of nitrogens with zero attached hydrogens (tertiary/aromatic N) is 1. The molecular formula is C16H18BrNO2S. The molecule has 5 heteroatoms. The second-order valence-electron chi connectivity index (χ2n) is 5.20. The van der Waals surface area contributed by atoms with Crippen molar-refractivity contribution in [2.75, 3.05) is 25.0 Å². The van der Waals surface area contributed by atoms with Gasteiger partial charge in [0.15, 0.2) is 0 Å². The molecule has 1 saturated heterocycles. The molecule has 0 bridgehead atoms. The Labute approximate surface area is 137 Å². The van der Waals surface area contributed by atoms with Crippen molar-refractivity contribution in [3.05, 3.63) is 35.2 Å². The van der Waals surface area contributed by atoms with Crippen LogP contribution in [-0.2, 0) is 4.74 Å². The molecule has 0 spiro atoms. The van der Waals surface area contributed by atoms with Crippen molar-refractivity contribution in [3.8, 4) is 0 Å². The molecule has 0 unspecified atom stereocenters. The minimum atomic E-state index is 0.162. The Balaban J connectivity index is 1.63. The van der Waals surface area contributed by atoms with Crippen molar-refractivity contribution in [2.45, 2.75) is 18.9 Å². The van der Waals surface area contributed by atoms with Gasteiger partial charge in [-0.15, -0.1) is 11.3 Å². The number of ether oxygens (including phenoxy) is 1. The third kappa shape index (κ3) is 3.47. The number of alkyl halides is 1. The fraction of sp³-hybridized carbons (Fsp3) is 0.438. The molecule has 1 aromatic heterocycles. The van der Waals surface area contributed by atoms with E-state index < -0.39 is 0 Å². The summed E-state index contributed by atoms with van der Waals surface area (Å²) in [4.78, 5) is 15.4. The summed E-state index contributed by atoms with van der Waals surface area (Å²) in [5, 5.41) is 2.02. The molecule has 112 valence electrons. The lowest BCUT2D eigenvalue weighted by atomic mass is 10.1. The molecule has 3 rings (SSSR count). The van der Waals surface area contributed by atoms with Crippen molar-refractivity contribution in [1.82, 2.24) is 4.90 Å². The van der Waals surface area contributed by atoms with Gasteiger partial charge in [0.1, 0.15) is 0 Å². The maximum Gasteiger partial charge on any atom is 0.263 e. The molecule has 21 heavy (non-hydrogen) atoms. The first-order valence-electron chi connectivity index (χ1n) is 7.23. The highest BCUT2D eigenvalue weighted by atomic mass is 79.9. The maximum absolute atomic E-state index is 12.6. The molecule has 0 radical (unpaired) electrons. The van der Waals surface area contributed by atoms with E-state index >= 15 is 0 Å². The normalized spacial score (nSPS) is 16.5. The molecule has 2 aromatic rings. The zero-order valence-corrected chi connectivity index (χ0v) is 14.2. The van der Waals surface area contributed by atoms with Crippen LogP contribution in [0.2, 0.25) is 0 Å². The van der Waals surface area contributed by atoms with Gasteiger partial charge in [0.25, 0.3) is 5.91 Å². The third-order valence-corrected chi connectivity index (χ3v) is 5.22. The second kappa shape index (κ2) is 6.90. The van der Waals surface area contributed by atoms with Gasteiger partial charge in [0, 0.05) is 23.1 Å². The van der Waals surface area contributed by atoms with E-state index in [-0.39, 0.29) is 5.91 Å². The van der Waals surface area contributed by atoms with Gasteiger partial charge in [0.2, 0.25) is 0 Å². The number of fused-ring (bicyclic) bond motifs is 1. The standard InChI is InChI=1S/C16H18BrNO2S/c17-7-10-20-13-5-8-18(9-6-13)16(19)15-11-12-3-1-2-4-14(12)21-15/h1-4,11,13H,5-10H2. The lowest BCUT2D eigenvalue weighted by Crippen LogP contribution is -2.40. The summed E-state index contributed by atoms with van der Waals surface area (Å²) in [7, 11) is 0. The Bertz CT molecular complexity index is 587. The Morgan fingerprint density at radius 1 is 1.33 bits per heavy atom. The molecule has 0 saturated carbocycles. The highest BCUT2D eigenvalue weighted by Gasteiger charge is 2.24. The van der Waals surface area contributed by atoms with Crippen molar-refractivity contribution < 1.29 is 9.53 Å². The number of likely N-dealkylation sites (tertiary alicyclic amines) is 1. The number of benzene rings is 1. The van der Waals surface area contributed by atoms with Crippen LogP contribution in [0.1, 0.15) is 22.5 Å². The van der Waals surface area contributed by atoms with Gasteiger partial charge < -0.3 is 9.64 Å². The molecule has 0 aliphatic carbocycles. The quantitative estimate of drug-likeness (QED) is 0.766. The van der Waals surface area contributed by atoms with E-state index in [2.05, 4.69) is 28.1 Å². The number of carbonyl (C=O) groups excluding carboxylic acids is 1. The molecule has 0 N–H and O–H groups in total. The van der Waals surface area contributed by atoms with Gasteiger partial charge in [-0.3, -0.25) is 4.79 Å². The zero-order valence-electron chi connectivity index (χ0n) is 11.8. The van der Waals surface area contributed by atoms with Crippen LogP contribution in [0.4, 0.5) is 0 Å². The summed E-state index contributed by atoms with van der Waals surface area (Å²) in [5.74, 6) is 0.162. The van der Waals surface area contributed by atoms with E-state index in [0.29, 0.717) is 6.10 Å². The predicted molar refractivity (Wildman–Crippen MR) is 90.5 cm³/mol. The number of amides is 1. The third-order valence-electron chi connectivity index (χ3n) is 3.80.